The average molecular weight is 270 g/mol. The van der Waals surface area contributed by atoms with E-state index >= 15 is 0 Å². The molecule has 0 aromatic heterocycles. The van der Waals surface area contributed by atoms with E-state index in [1.165, 1.54) is 35.9 Å². The zero-order valence-corrected chi connectivity index (χ0v) is 11.0. The fourth-order valence-corrected chi connectivity index (χ4v) is 4.66. The molecular formula is C12H18N2O3S. The summed E-state index contributed by atoms with van der Waals surface area (Å²) in [6.07, 6.45) is 4.83. The summed E-state index contributed by atoms with van der Waals surface area (Å²) in [4.78, 5) is 24.6. The predicted molar refractivity (Wildman–Crippen MR) is 68.4 cm³/mol. The van der Waals surface area contributed by atoms with Crippen molar-refractivity contribution in [1.29, 1.82) is 0 Å². The molecule has 5 nitrogen and oxygen atoms in total. The first-order valence-corrected chi connectivity index (χ1v) is 7.68. The van der Waals surface area contributed by atoms with E-state index in [-0.39, 0.29) is 12.1 Å². The van der Waals surface area contributed by atoms with Crippen molar-refractivity contribution in [2.24, 2.45) is 11.8 Å². The molecule has 2 aliphatic carbocycles. The first kappa shape index (κ1) is 12.1. The molecule has 3 rings (SSSR count). The van der Waals surface area contributed by atoms with E-state index in [1.807, 2.05) is 0 Å². The summed E-state index contributed by atoms with van der Waals surface area (Å²) in [7, 11) is 0. The summed E-state index contributed by atoms with van der Waals surface area (Å²) in [5.41, 5.74) is 0. The Bertz CT molecular complexity index is 376. The van der Waals surface area contributed by atoms with Crippen LogP contribution in [-0.2, 0) is 4.79 Å². The highest BCUT2D eigenvalue weighted by Gasteiger charge is 2.42. The lowest BCUT2D eigenvalue weighted by molar-refractivity contribution is -0.140. The number of carboxylic acid groups (broad SMARTS) is 1. The van der Waals surface area contributed by atoms with Crippen LogP contribution in [-0.4, -0.2) is 45.7 Å². The van der Waals surface area contributed by atoms with Crippen LogP contribution in [0.15, 0.2) is 0 Å². The molecule has 0 aromatic rings. The Balaban J connectivity index is 1.59. The van der Waals surface area contributed by atoms with E-state index in [0.29, 0.717) is 17.5 Å². The molecule has 1 saturated heterocycles. The van der Waals surface area contributed by atoms with Crippen molar-refractivity contribution in [1.82, 2.24) is 10.2 Å². The minimum absolute atomic E-state index is 0.190. The smallest absolute Gasteiger partial charge is 0.327 e. The van der Waals surface area contributed by atoms with E-state index in [2.05, 4.69) is 5.32 Å². The second kappa shape index (κ2) is 4.64. The lowest BCUT2D eigenvalue weighted by atomic mass is 9.95. The third-order valence-electron chi connectivity index (χ3n) is 4.48. The number of hydrogen-bond acceptors (Lipinski definition) is 3. The summed E-state index contributed by atoms with van der Waals surface area (Å²) < 4.78 is 0. The quantitative estimate of drug-likeness (QED) is 0.794. The molecule has 6 heteroatoms. The zero-order valence-electron chi connectivity index (χ0n) is 10.2. The molecule has 4 atom stereocenters. The normalized spacial score (nSPS) is 38.1. The molecule has 3 aliphatic rings. The van der Waals surface area contributed by atoms with Crippen LogP contribution in [0.1, 0.15) is 25.7 Å². The summed E-state index contributed by atoms with van der Waals surface area (Å²) in [6, 6.07) is -0.574. The second-order valence-electron chi connectivity index (χ2n) is 5.55. The van der Waals surface area contributed by atoms with Gasteiger partial charge in [-0.2, -0.15) is 0 Å². The maximum absolute atomic E-state index is 12.1. The highest BCUT2D eigenvalue weighted by atomic mass is 32.2. The minimum Gasteiger partial charge on any atom is -0.480 e. The first-order chi connectivity index (χ1) is 8.65. The molecule has 1 heterocycles. The number of hydrogen-bond donors (Lipinski definition) is 2. The number of aliphatic carboxylic acids is 1. The summed E-state index contributed by atoms with van der Waals surface area (Å²) in [6.45, 7) is 0. The molecule has 2 saturated carbocycles. The maximum Gasteiger partial charge on any atom is 0.327 e. The number of thioether (sulfide) groups is 1. The molecule has 0 radical (unpaired) electrons. The maximum atomic E-state index is 12.1. The van der Waals surface area contributed by atoms with Gasteiger partial charge in [-0.15, -0.1) is 11.8 Å². The highest BCUT2D eigenvalue weighted by Crippen LogP contribution is 2.44. The lowest BCUT2D eigenvalue weighted by Gasteiger charge is -2.27. The molecule has 1 aliphatic heterocycles. The topological polar surface area (TPSA) is 69.6 Å². The Morgan fingerprint density at radius 1 is 1.28 bits per heavy atom. The van der Waals surface area contributed by atoms with E-state index in [9.17, 15) is 9.59 Å². The van der Waals surface area contributed by atoms with Crippen LogP contribution >= 0.6 is 11.8 Å². The largest absolute Gasteiger partial charge is 0.480 e. The minimum atomic E-state index is -0.900. The number of fused-ring (bicyclic) bond motifs is 2. The molecule has 3 fully saturated rings. The van der Waals surface area contributed by atoms with Crippen LogP contribution in [0.3, 0.4) is 0 Å². The molecule has 4 unspecified atom stereocenters. The van der Waals surface area contributed by atoms with Gasteiger partial charge in [0.2, 0.25) is 0 Å². The van der Waals surface area contributed by atoms with Crippen LogP contribution in [0.4, 0.5) is 4.79 Å². The number of carboxylic acids is 1. The third-order valence-corrected chi connectivity index (χ3v) is 5.49. The fraction of sp³-hybridized carbons (Fsp3) is 0.833. The van der Waals surface area contributed by atoms with Crippen LogP contribution in [0.25, 0.3) is 0 Å². The number of nitrogens with one attached hydrogen (secondary N) is 1. The predicted octanol–water partition coefficient (Wildman–Crippen LogP) is 1.34. The summed E-state index contributed by atoms with van der Waals surface area (Å²) >= 11 is 1.50. The zero-order chi connectivity index (χ0) is 12.7. The van der Waals surface area contributed by atoms with E-state index in [1.54, 1.807) is 0 Å². The van der Waals surface area contributed by atoms with Crippen LogP contribution < -0.4 is 5.32 Å². The molecule has 100 valence electrons. The molecular weight excluding hydrogens is 252 g/mol. The van der Waals surface area contributed by atoms with Gasteiger partial charge in [0.15, 0.2) is 0 Å². The Morgan fingerprint density at radius 2 is 2.11 bits per heavy atom. The van der Waals surface area contributed by atoms with Gasteiger partial charge in [0.1, 0.15) is 6.04 Å². The number of urea groups is 1. The number of amides is 2. The Hall–Kier alpha value is -0.910. The lowest BCUT2D eigenvalue weighted by Crippen LogP contribution is -2.50. The van der Waals surface area contributed by atoms with Crippen molar-refractivity contribution in [3.05, 3.63) is 0 Å². The number of rotatable bonds is 2. The Kier molecular flexibility index (Phi) is 3.13. The summed E-state index contributed by atoms with van der Waals surface area (Å²) in [5, 5.41) is 12.1. The van der Waals surface area contributed by atoms with Gasteiger partial charge < -0.3 is 15.3 Å². The van der Waals surface area contributed by atoms with Crippen molar-refractivity contribution in [2.75, 3.05) is 11.6 Å². The van der Waals surface area contributed by atoms with Crippen molar-refractivity contribution in [3.63, 3.8) is 0 Å². The molecule has 0 spiro atoms. The molecule has 2 amide bonds. The van der Waals surface area contributed by atoms with Crippen molar-refractivity contribution < 1.29 is 14.7 Å². The van der Waals surface area contributed by atoms with Crippen LogP contribution in [0.2, 0.25) is 0 Å². The van der Waals surface area contributed by atoms with E-state index in [4.69, 9.17) is 5.11 Å². The third kappa shape index (κ3) is 2.06. The van der Waals surface area contributed by atoms with Crippen molar-refractivity contribution in [2.45, 2.75) is 37.8 Å². The van der Waals surface area contributed by atoms with Crippen molar-refractivity contribution in [3.8, 4) is 0 Å². The van der Waals surface area contributed by atoms with Gasteiger partial charge in [-0.3, -0.25) is 0 Å². The monoisotopic (exact) mass is 270 g/mol. The van der Waals surface area contributed by atoms with E-state index in [0.717, 1.165) is 12.3 Å². The Morgan fingerprint density at radius 3 is 2.72 bits per heavy atom. The van der Waals surface area contributed by atoms with E-state index < -0.39 is 12.0 Å². The molecule has 2 bridgehead atoms. The fourth-order valence-electron chi connectivity index (χ4n) is 3.51. The van der Waals surface area contributed by atoms with Crippen LogP contribution in [0, 0.1) is 11.8 Å². The van der Waals surface area contributed by atoms with Crippen LogP contribution in [0.5, 0.6) is 0 Å². The standard InChI is InChI=1S/C12H18N2O3S/c15-11(16)10-5-18-6-14(10)12(17)13-9-4-7-1-2-8(9)3-7/h7-10H,1-6H2,(H,13,17)(H,15,16). The van der Waals surface area contributed by atoms with Gasteiger partial charge in [-0.25, -0.2) is 9.59 Å². The Labute approximate surface area is 110 Å². The number of carbonyl (C=O) groups excluding carboxylic acids is 1. The van der Waals surface area contributed by atoms with Gasteiger partial charge in [0.05, 0.1) is 5.88 Å². The number of carbonyl (C=O) groups is 2. The molecule has 0 aromatic carbocycles. The van der Waals surface area contributed by atoms with Gasteiger partial charge in [0, 0.05) is 11.8 Å². The summed E-state index contributed by atoms with van der Waals surface area (Å²) in [5.74, 6) is 1.49. The first-order valence-electron chi connectivity index (χ1n) is 6.53. The second-order valence-corrected chi connectivity index (χ2v) is 6.55. The molecule has 18 heavy (non-hydrogen) atoms. The van der Waals surface area contributed by atoms with Gasteiger partial charge >= 0.3 is 12.0 Å². The molecule has 2 N–H and O–H groups in total. The number of nitrogens with zero attached hydrogens (tertiary/aromatic N) is 1. The van der Waals surface area contributed by atoms with Gasteiger partial charge in [0.25, 0.3) is 0 Å². The van der Waals surface area contributed by atoms with Gasteiger partial charge in [-0.05, 0) is 31.1 Å². The SMILES string of the molecule is O=C(O)C1CSCN1C(=O)NC1CC2CCC1C2. The van der Waals surface area contributed by atoms with Crippen molar-refractivity contribution >= 4 is 23.8 Å². The highest BCUT2D eigenvalue weighted by molar-refractivity contribution is 7.99. The average Bonchev–Trinajstić information content (AvgIpc) is 3.04. The van der Waals surface area contributed by atoms with Gasteiger partial charge in [-0.1, -0.05) is 6.42 Å².